The Morgan fingerprint density at radius 3 is 2.36 bits per heavy atom. The van der Waals surface area contributed by atoms with Gasteiger partial charge in [0, 0.05) is 37.2 Å². The van der Waals surface area contributed by atoms with Gasteiger partial charge in [-0.3, -0.25) is 9.69 Å². The molecule has 1 aromatic rings. The average molecular weight is 388 g/mol. The molecule has 1 aliphatic rings. The molecule has 1 saturated heterocycles. The number of piperazine rings is 1. The first-order chi connectivity index (χ1) is 11.8. The van der Waals surface area contributed by atoms with E-state index in [2.05, 4.69) is 12.2 Å². The number of hydrogen-bond donors (Lipinski definition) is 1. The molecule has 2 rings (SSSR count). The third-order valence-corrected chi connectivity index (χ3v) is 6.44. The Kier molecular flexibility index (Phi) is 7.25. The van der Waals surface area contributed by atoms with Crippen molar-refractivity contribution in [1.29, 1.82) is 0 Å². The number of rotatable bonds is 7. The molecule has 0 aliphatic carbocycles. The van der Waals surface area contributed by atoms with E-state index < -0.39 is 10.0 Å². The minimum atomic E-state index is -3.51. The molecule has 1 amide bonds. The predicted molar refractivity (Wildman–Crippen MR) is 99.2 cm³/mol. The van der Waals surface area contributed by atoms with E-state index in [0.29, 0.717) is 37.7 Å². The van der Waals surface area contributed by atoms with Crippen LogP contribution in [0.2, 0.25) is 5.02 Å². The summed E-state index contributed by atoms with van der Waals surface area (Å²) < 4.78 is 26.7. The van der Waals surface area contributed by atoms with Crippen LogP contribution in [0.25, 0.3) is 0 Å². The number of hydrogen-bond acceptors (Lipinski definition) is 4. The Hall–Kier alpha value is -1.15. The molecule has 1 N–H and O–H groups in total. The zero-order chi connectivity index (χ0) is 18.4. The van der Waals surface area contributed by atoms with E-state index in [0.717, 1.165) is 12.8 Å². The fraction of sp³-hybridized carbons (Fsp3) is 0.588. The van der Waals surface area contributed by atoms with Crippen LogP contribution in [0.5, 0.6) is 0 Å². The number of amides is 1. The van der Waals surface area contributed by atoms with Gasteiger partial charge in [0.2, 0.25) is 15.9 Å². The lowest BCUT2D eigenvalue weighted by Crippen LogP contribution is -2.51. The molecule has 0 bridgehead atoms. The van der Waals surface area contributed by atoms with Gasteiger partial charge in [-0.2, -0.15) is 4.31 Å². The van der Waals surface area contributed by atoms with Gasteiger partial charge in [-0.15, -0.1) is 0 Å². The van der Waals surface area contributed by atoms with Crippen LogP contribution in [0.3, 0.4) is 0 Å². The maximum absolute atomic E-state index is 12.6. The summed E-state index contributed by atoms with van der Waals surface area (Å²) in [4.78, 5) is 14.3. The Labute approximate surface area is 155 Å². The number of sulfonamides is 1. The van der Waals surface area contributed by atoms with Crippen molar-refractivity contribution in [2.24, 2.45) is 0 Å². The molecule has 0 spiro atoms. The number of nitrogens with zero attached hydrogens (tertiary/aromatic N) is 2. The largest absolute Gasteiger partial charge is 0.353 e. The van der Waals surface area contributed by atoms with E-state index in [1.807, 2.05) is 11.8 Å². The summed E-state index contributed by atoms with van der Waals surface area (Å²) in [5.41, 5.74) is 0. The molecule has 1 fully saturated rings. The summed E-state index contributed by atoms with van der Waals surface area (Å²) in [6.07, 6.45) is 1.99. The molecule has 1 unspecified atom stereocenters. The summed E-state index contributed by atoms with van der Waals surface area (Å²) >= 11 is 5.82. The van der Waals surface area contributed by atoms with Crippen LogP contribution < -0.4 is 5.32 Å². The van der Waals surface area contributed by atoms with Crippen LogP contribution in [0.4, 0.5) is 0 Å². The second-order valence-electron chi connectivity index (χ2n) is 6.39. The highest BCUT2D eigenvalue weighted by Gasteiger charge is 2.29. The molecule has 1 heterocycles. The molecule has 25 heavy (non-hydrogen) atoms. The van der Waals surface area contributed by atoms with Gasteiger partial charge >= 0.3 is 0 Å². The van der Waals surface area contributed by atoms with Crippen molar-refractivity contribution in [2.75, 3.05) is 32.7 Å². The summed E-state index contributed by atoms with van der Waals surface area (Å²) in [7, 11) is -3.51. The summed E-state index contributed by atoms with van der Waals surface area (Å²) in [6.45, 7) is 6.24. The van der Waals surface area contributed by atoms with Crippen molar-refractivity contribution in [3.63, 3.8) is 0 Å². The van der Waals surface area contributed by atoms with Gasteiger partial charge in [0.25, 0.3) is 0 Å². The molecular formula is C17H26ClN3O3S. The molecule has 1 aromatic carbocycles. The van der Waals surface area contributed by atoms with Gasteiger partial charge < -0.3 is 5.32 Å². The number of carbonyl (C=O) groups is 1. The third-order valence-electron chi connectivity index (χ3n) is 4.28. The monoisotopic (exact) mass is 387 g/mol. The first-order valence-electron chi connectivity index (χ1n) is 8.60. The Morgan fingerprint density at radius 2 is 1.80 bits per heavy atom. The molecule has 0 aromatic heterocycles. The Bertz CT molecular complexity index is 671. The molecule has 8 heteroatoms. The summed E-state index contributed by atoms with van der Waals surface area (Å²) in [5.74, 6) is -0.00467. The van der Waals surface area contributed by atoms with Crippen molar-refractivity contribution >= 4 is 27.5 Å². The molecule has 0 radical (unpaired) electrons. The Balaban J connectivity index is 1.86. The Morgan fingerprint density at radius 1 is 1.20 bits per heavy atom. The van der Waals surface area contributed by atoms with Gasteiger partial charge in [0.15, 0.2) is 0 Å². The number of carbonyl (C=O) groups excluding carboxylic acids is 1. The van der Waals surface area contributed by atoms with Crippen molar-refractivity contribution in [2.45, 2.75) is 37.6 Å². The second-order valence-corrected chi connectivity index (χ2v) is 8.77. The van der Waals surface area contributed by atoms with Crippen molar-refractivity contribution in [1.82, 2.24) is 14.5 Å². The van der Waals surface area contributed by atoms with Crippen LogP contribution in [-0.4, -0.2) is 62.3 Å². The van der Waals surface area contributed by atoms with E-state index in [-0.39, 0.29) is 16.8 Å². The SMILES string of the molecule is CCCC(C)NC(=O)CN1CCN(S(=O)(=O)c2ccc(Cl)cc2)CC1. The summed E-state index contributed by atoms with van der Waals surface area (Å²) in [6, 6.07) is 6.36. The standard InChI is InChI=1S/C17H26ClN3O3S/c1-3-4-14(2)19-17(22)13-20-9-11-21(12-10-20)25(23,24)16-7-5-15(18)6-8-16/h5-8,14H,3-4,9-13H2,1-2H3,(H,19,22). The normalized spacial score (nSPS) is 18.0. The first-order valence-corrected chi connectivity index (χ1v) is 10.4. The lowest BCUT2D eigenvalue weighted by Gasteiger charge is -2.33. The molecule has 1 atom stereocenters. The highest BCUT2D eigenvalue weighted by molar-refractivity contribution is 7.89. The molecular weight excluding hydrogens is 362 g/mol. The van der Waals surface area contributed by atoms with E-state index in [1.54, 1.807) is 12.1 Å². The number of nitrogens with one attached hydrogen (secondary N) is 1. The number of halogens is 1. The van der Waals surface area contributed by atoms with Crippen LogP contribution in [0.1, 0.15) is 26.7 Å². The smallest absolute Gasteiger partial charge is 0.243 e. The van der Waals surface area contributed by atoms with Gasteiger partial charge in [0.05, 0.1) is 11.4 Å². The van der Waals surface area contributed by atoms with Gasteiger partial charge in [-0.25, -0.2) is 8.42 Å². The predicted octanol–water partition coefficient (Wildman–Crippen LogP) is 1.95. The molecule has 0 saturated carbocycles. The second kappa shape index (κ2) is 8.98. The first kappa shape index (κ1) is 20.2. The fourth-order valence-corrected chi connectivity index (χ4v) is 4.46. The zero-order valence-corrected chi connectivity index (χ0v) is 16.3. The lowest BCUT2D eigenvalue weighted by molar-refractivity contribution is -0.123. The summed E-state index contributed by atoms with van der Waals surface area (Å²) in [5, 5.41) is 3.48. The average Bonchev–Trinajstić information content (AvgIpc) is 2.55. The minimum Gasteiger partial charge on any atom is -0.353 e. The van der Waals surface area contributed by atoms with Gasteiger partial charge in [-0.05, 0) is 37.6 Å². The van der Waals surface area contributed by atoms with Crippen LogP contribution in [-0.2, 0) is 14.8 Å². The van der Waals surface area contributed by atoms with E-state index in [4.69, 9.17) is 11.6 Å². The van der Waals surface area contributed by atoms with Gasteiger partial charge in [-0.1, -0.05) is 24.9 Å². The topological polar surface area (TPSA) is 69.7 Å². The third kappa shape index (κ3) is 5.67. The van der Waals surface area contributed by atoms with E-state index in [9.17, 15) is 13.2 Å². The van der Waals surface area contributed by atoms with Crippen molar-refractivity contribution in [3.8, 4) is 0 Å². The van der Waals surface area contributed by atoms with E-state index in [1.165, 1.54) is 16.4 Å². The minimum absolute atomic E-state index is 0.00467. The maximum Gasteiger partial charge on any atom is 0.243 e. The van der Waals surface area contributed by atoms with Crippen molar-refractivity contribution < 1.29 is 13.2 Å². The maximum atomic E-state index is 12.6. The van der Waals surface area contributed by atoms with Crippen LogP contribution in [0.15, 0.2) is 29.2 Å². The number of benzene rings is 1. The van der Waals surface area contributed by atoms with Crippen LogP contribution >= 0.6 is 11.6 Å². The molecule has 6 nitrogen and oxygen atoms in total. The zero-order valence-electron chi connectivity index (χ0n) is 14.7. The quantitative estimate of drug-likeness (QED) is 0.776. The highest BCUT2D eigenvalue weighted by atomic mass is 35.5. The lowest BCUT2D eigenvalue weighted by atomic mass is 10.2. The van der Waals surface area contributed by atoms with Crippen LogP contribution in [0, 0.1) is 0 Å². The molecule has 140 valence electrons. The fourth-order valence-electron chi connectivity index (χ4n) is 2.91. The van der Waals surface area contributed by atoms with Gasteiger partial charge in [0.1, 0.15) is 0 Å². The highest BCUT2D eigenvalue weighted by Crippen LogP contribution is 2.19. The van der Waals surface area contributed by atoms with Crippen molar-refractivity contribution in [3.05, 3.63) is 29.3 Å². The van der Waals surface area contributed by atoms with E-state index >= 15 is 0 Å². The molecule has 1 aliphatic heterocycles.